The summed E-state index contributed by atoms with van der Waals surface area (Å²) in [5.74, 6) is -0.315. The van der Waals surface area contributed by atoms with E-state index in [4.69, 9.17) is 28.9 Å². The monoisotopic (exact) mass is 294 g/mol. The first-order chi connectivity index (χ1) is 9.06. The summed E-state index contributed by atoms with van der Waals surface area (Å²) < 4.78 is 0. The van der Waals surface area contributed by atoms with Crippen molar-refractivity contribution < 1.29 is 4.79 Å². The standard InChI is InChI=1S/C14H12Cl2N2O/c15-10-6-11(16)8-12(7-10)18-14(19)13(17)9-4-2-1-3-5-9/h1-8,13H,17H2,(H,18,19)/t13-/m1/s1. The molecule has 1 atom stereocenters. The summed E-state index contributed by atoms with van der Waals surface area (Å²) in [5, 5.41) is 3.60. The van der Waals surface area contributed by atoms with Crippen LogP contribution in [0.2, 0.25) is 10.0 Å². The lowest BCUT2D eigenvalue weighted by Crippen LogP contribution is -2.27. The summed E-state index contributed by atoms with van der Waals surface area (Å²) in [4.78, 5) is 12.0. The number of nitrogens with two attached hydrogens (primary N) is 1. The van der Waals surface area contributed by atoms with Crippen LogP contribution in [0.3, 0.4) is 0 Å². The molecule has 0 heterocycles. The molecule has 0 saturated carbocycles. The maximum Gasteiger partial charge on any atom is 0.245 e. The number of hydrogen-bond acceptors (Lipinski definition) is 2. The Balaban J connectivity index is 2.13. The summed E-state index contributed by atoms with van der Waals surface area (Å²) in [6.45, 7) is 0. The Hall–Kier alpha value is -1.55. The number of anilines is 1. The van der Waals surface area contributed by atoms with E-state index in [-0.39, 0.29) is 5.91 Å². The van der Waals surface area contributed by atoms with Crippen molar-refractivity contribution >= 4 is 34.8 Å². The Labute approximate surface area is 121 Å². The number of amides is 1. The third-order valence-electron chi connectivity index (χ3n) is 2.57. The zero-order valence-electron chi connectivity index (χ0n) is 9.94. The molecule has 0 aliphatic rings. The number of carbonyl (C=O) groups is 1. The van der Waals surface area contributed by atoms with Crippen LogP contribution < -0.4 is 11.1 Å². The van der Waals surface area contributed by atoms with Gasteiger partial charge in [-0.1, -0.05) is 53.5 Å². The van der Waals surface area contributed by atoms with Crippen LogP contribution in [-0.4, -0.2) is 5.91 Å². The van der Waals surface area contributed by atoms with Crippen molar-refractivity contribution in [2.45, 2.75) is 6.04 Å². The van der Waals surface area contributed by atoms with Crippen LogP contribution in [0.25, 0.3) is 0 Å². The van der Waals surface area contributed by atoms with Crippen LogP contribution >= 0.6 is 23.2 Å². The van der Waals surface area contributed by atoms with Gasteiger partial charge in [-0.3, -0.25) is 4.79 Å². The van der Waals surface area contributed by atoms with Crippen LogP contribution in [0.5, 0.6) is 0 Å². The topological polar surface area (TPSA) is 55.1 Å². The van der Waals surface area contributed by atoms with Gasteiger partial charge in [0.2, 0.25) is 5.91 Å². The molecule has 0 aliphatic carbocycles. The minimum Gasteiger partial charge on any atom is -0.324 e. The predicted octanol–water partition coefficient (Wildman–Crippen LogP) is 3.63. The Morgan fingerprint density at radius 3 is 2.21 bits per heavy atom. The lowest BCUT2D eigenvalue weighted by molar-refractivity contribution is -0.117. The van der Waals surface area contributed by atoms with Crippen LogP contribution in [0, 0.1) is 0 Å². The van der Waals surface area contributed by atoms with Gasteiger partial charge in [0.1, 0.15) is 6.04 Å². The molecule has 0 spiro atoms. The highest BCUT2D eigenvalue weighted by Gasteiger charge is 2.15. The predicted molar refractivity (Wildman–Crippen MR) is 78.5 cm³/mol. The van der Waals surface area contributed by atoms with Crippen molar-refractivity contribution in [2.75, 3.05) is 5.32 Å². The average Bonchev–Trinajstić information content (AvgIpc) is 2.37. The van der Waals surface area contributed by atoms with Crippen molar-refractivity contribution in [1.82, 2.24) is 0 Å². The number of rotatable bonds is 3. The van der Waals surface area contributed by atoms with Crippen LogP contribution in [-0.2, 0) is 4.79 Å². The maximum atomic E-state index is 12.0. The molecule has 98 valence electrons. The van der Waals surface area contributed by atoms with Gasteiger partial charge in [0.25, 0.3) is 0 Å². The molecule has 2 aromatic carbocycles. The molecule has 1 amide bonds. The average molecular weight is 295 g/mol. The van der Waals surface area contributed by atoms with E-state index in [1.54, 1.807) is 30.3 Å². The van der Waals surface area contributed by atoms with Gasteiger partial charge in [-0.25, -0.2) is 0 Å². The zero-order chi connectivity index (χ0) is 13.8. The first kappa shape index (κ1) is 13.9. The quantitative estimate of drug-likeness (QED) is 0.908. The van der Waals surface area contributed by atoms with Crippen molar-refractivity contribution in [3.8, 4) is 0 Å². The Bertz CT molecular complexity index is 567. The second kappa shape index (κ2) is 6.06. The lowest BCUT2D eigenvalue weighted by atomic mass is 10.1. The fourth-order valence-corrected chi connectivity index (χ4v) is 2.18. The third kappa shape index (κ3) is 3.70. The van der Waals surface area contributed by atoms with E-state index in [9.17, 15) is 4.79 Å². The highest BCUT2D eigenvalue weighted by Crippen LogP contribution is 2.23. The second-order valence-corrected chi connectivity index (χ2v) is 4.91. The van der Waals surface area contributed by atoms with Gasteiger partial charge in [-0.2, -0.15) is 0 Å². The normalized spacial score (nSPS) is 11.9. The number of nitrogens with one attached hydrogen (secondary N) is 1. The van der Waals surface area contributed by atoms with Crippen molar-refractivity contribution in [3.05, 3.63) is 64.1 Å². The molecular formula is C14H12Cl2N2O. The second-order valence-electron chi connectivity index (χ2n) is 4.04. The Morgan fingerprint density at radius 1 is 1.05 bits per heavy atom. The minimum absolute atomic E-state index is 0.315. The fraction of sp³-hybridized carbons (Fsp3) is 0.0714. The molecule has 0 saturated heterocycles. The maximum absolute atomic E-state index is 12.0. The van der Waals surface area contributed by atoms with Gasteiger partial charge < -0.3 is 11.1 Å². The van der Waals surface area contributed by atoms with Crippen molar-refractivity contribution in [3.63, 3.8) is 0 Å². The van der Waals surface area contributed by atoms with E-state index in [0.29, 0.717) is 15.7 Å². The van der Waals surface area contributed by atoms with Crippen molar-refractivity contribution in [2.24, 2.45) is 5.73 Å². The van der Waals surface area contributed by atoms with Gasteiger partial charge >= 0.3 is 0 Å². The molecule has 0 aromatic heterocycles. The van der Waals surface area contributed by atoms with Gasteiger partial charge in [0.05, 0.1) is 0 Å². The largest absolute Gasteiger partial charge is 0.324 e. The molecule has 3 N–H and O–H groups in total. The molecule has 19 heavy (non-hydrogen) atoms. The van der Waals surface area contributed by atoms with Gasteiger partial charge in [0, 0.05) is 15.7 Å². The first-order valence-electron chi connectivity index (χ1n) is 5.64. The minimum atomic E-state index is -0.737. The fourth-order valence-electron chi connectivity index (χ4n) is 1.66. The van der Waals surface area contributed by atoms with Crippen LogP contribution in [0.15, 0.2) is 48.5 Å². The van der Waals surface area contributed by atoms with Gasteiger partial charge in [0.15, 0.2) is 0 Å². The van der Waals surface area contributed by atoms with E-state index in [2.05, 4.69) is 5.32 Å². The molecule has 5 heteroatoms. The summed E-state index contributed by atoms with van der Waals surface area (Å²) in [7, 11) is 0. The molecule has 2 aromatic rings. The van der Waals surface area contributed by atoms with Crippen LogP contribution in [0.4, 0.5) is 5.69 Å². The van der Waals surface area contributed by atoms with Gasteiger partial charge in [-0.15, -0.1) is 0 Å². The number of halogens is 2. The Kier molecular flexibility index (Phi) is 4.43. The smallest absolute Gasteiger partial charge is 0.245 e. The summed E-state index contributed by atoms with van der Waals surface area (Å²) in [6, 6.07) is 13.2. The molecule has 3 nitrogen and oxygen atoms in total. The Morgan fingerprint density at radius 2 is 1.63 bits per heavy atom. The highest BCUT2D eigenvalue weighted by atomic mass is 35.5. The zero-order valence-corrected chi connectivity index (χ0v) is 11.4. The van der Waals surface area contributed by atoms with Crippen LogP contribution in [0.1, 0.15) is 11.6 Å². The third-order valence-corrected chi connectivity index (χ3v) is 3.01. The molecule has 0 bridgehead atoms. The molecular weight excluding hydrogens is 283 g/mol. The SMILES string of the molecule is N[C@@H](C(=O)Nc1cc(Cl)cc(Cl)c1)c1ccccc1. The molecule has 2 rings (SSSR count). The number of hydrogen-bond donors (Lipinski definition) is 2. The number of benzene rings is 2. The van der Waals surface area contributed by atoms with Gasteiger partial charge in [-0.05, 0) is 23.8 Å². The number of carbonyl (C=O) groups excluding carboxylic acids is 1. The first-order valence-corrected chi connectivity index (χ1v) is 6.39. The molecule has 0 unspecified atom stereocenters. The van der Waals surface area contributed by atoms with E-state index in [0.717, 1.165) is 5.56 Å². The van der Waals surface area contributed by atoms with E-state index < -0.39 is 6.04 Å². The van der Waals surface area contributed by atoms with E-state index in [1.165, 1.54) is 0 Å². The van der Waals surface area contributed by atoms with E-state index in [1.807, 2.05) is 18.2 Å². The van der Waals surface area contributed by atoms with E-state index >= 15 is 0 Å². The molecule has 0 radical (unpaired) electrons. The highest BCUT2D eigenvalue weighted by molar-refractivity contribution is 6.35. The molecule has 0 fully saturated rings. The lowest BCUT2D eigenvalue weighted by Gasteiger charge is -2.13. The summed E-state index contributed by atoms with van der Waals surface area (Å²) in [6.07, 6.45) is 0. The summed E-state index contributed by atoms with van der Waals surface area (Å²) >= 11 is 11.7. The molecule has 0 aliphatic heterocycles. The van der Waals surface area contributed by atoms with Crippen molar-refractivity contribution in [1.29, 1.82) is 0 Å². The summed E-state index contributed by atoms with van der Waals surface area (Å²) in [5.41, 5.74) is 7.15.